The molecule has 1 unspecified atom stereocenters. The van der Waals surface area contributed by atoms with Crippen molar-refractivity contribution in [2.24, 2.45) is 23.9 Å². The predicted molar refractivity (Wildman–Crippen MR) is 221 cm³/mol. The molecule has 9 nitrogen and oxygen atoms in total. The van der Waals surface area contributed by atoms with Crippen molar-refractivity contribution < 1.29 is 8.78 Å². The average molecular weight is 746 g/mol. The van der Waals surface area contributed by atoms with Crippen LogP contribution in [0.3, 0.4) is 0 Å². The molecule has 4 aromatic rings. The maximum atomic E-state index is 13.9. The maximum absolute atomic E-state index is 13.9. The number of likely N-dealkylation sites (tertiary alicyclic amines) is 1. The van der Waals surface area contributed by atoms with Crippen LogP contribution < -0.4 is 20.0 Å². The van der Waals surface area contributed by atoms with Gasteiger partial charge in [0, 0.05) is 104 Å². The fourth-order valence-corrected chi connectivity index (χ4v) is 8.97. The molecule has 2 aromatic heterocycles. The Kier molecular flexibility index (Phi) is 10.1. The SMILES string of the molecule is C=C1/N=C2\Nc3ccc(N(C)C4CCN(C(=C)C5CCN(c6cc(F)cc(F)c6)C5)CC4)cc3N2C[C@H](C)CCCCc2c(cnn2C)-c2cc1cc(C)n2. The second kappa shape index (κ2) is 15.2. The van der Waals surface area contributed by atoms with E-state index < -0.39 is 11.6 Å². The third kappa shape index (κ3) is 7.58. The fraction of sp³-hybridized carbons (Fsp3) is 0.432. The summed E-state index contributed by atoms with van der Waals surface area (Å²) in [5.74, 6) is 0.458. The smallest absolute Gasteiger partial charge is 0.208 e. The standard InChI is InChI=1S/C44H53F2N9/c1-28-9-7-8-10-42-39(25-47-52(42)6)41-20-33(19-29(2)48-41)30(3)49-44-50-40-12-11-37(24-43(40)55(44)26-28)51(5)36-14-17-53(18-15-36)31(4)32-13-16-54(27-32)38-22-34(45)21-35(46)23-38/h11-12,19-25,28,32,36H,3-4,7-10,13-18,26-27H2,1-2,5-6H3,(H,49,50)/t28-,32?/m1/s1. The Hall–Kier alpha value is -5.19. The van der Waals surface area contributed by atoms with Gasteiger partial charge in [0.15, 0.2) is 0 Å². The lowest BCUT2D eigenvalue weighted by Gasteiger charge is -2.40. The Morgan fingerprint density at radius 1 is 0.945 bits per heavy atom. The van der Waals surface area contributed by atoms with Gasteiger partial charge in [0.25, 0.3) is 0 Å². The van der Waals surface area contributed by atoms with Gasteiger partial charge in [-0.1, -0.05) is 26.5 Å². The highest BCUT2D eigenvalue weighted by Gasteiger charge is 2.32. The lowest BCUT2D eigenvalue weighted by Crippen LogP contribution is -2.44. The van der Waals surface area contributed by atoms with E-state index in [1.807, 2.05) is 24.9 Å². The molecule has 288 valence electrons. The summed E-state index contributed by atoms with van der Waals surface area (Å²) in [7, 11) is 4.24. The van der Waals surface area contributed by atoms with Gasteiger partial charge in [0.05, 0.1) is 29.0 Å². The Bertz CT molecular complexity index is 2110. The number of rotatable bonds is 5. The number of fused-ring (bicyclic) bond motifs is 7. The van der Waals surface area contributed by atoms with Crippen molar-refractivity contribution in [2.45, 2.75) is 64.8 Å². The molecule has 0 saturated carbocycles. The van der Waals surface area contributed by atoms with Gasteiger partial charge < -0.3 is 24.9 Å². The molecule has 55 heavy (non-hydrogen) atoms. The monoisotopic (exact) mass is 745 g/mol. The van der Waals surface area contributed by atoms with Gasteiger partial charge >= 0.3 is 0 Å². The van der Waals surface area contributed by atoms with E-state index in [1.165, 1.54) is 23.5 Å². The van der Waals surface area contributed by atoms with E-state index in [0.717, 1.165) is 129 Å². The molecule has 2 bridgehead atoms. The summed E-state index contributed by atoms with van der Waals surface area (Å²) in [6, 6.07) is 15.1. The molecule has 4 aliphatic rings. The summed E-state index contributed by atoms with van der Waals surface area (Å²) in [6.45, 7) is 17.6. The molecule has 2 aromatic carbocycles. The summed E-state index contributed by atoms with van der Waals surface area (Å²) in [5.41, 5.74) is 10.9. The first kappa shape index (κ1) is 36.8. The van der Waals surface area contributed by atoms with Crippen molar-refractivity contribution in [1.29, 1.82) is 0 Å². The normalized spacial score (nSPS) is 21.5. The summed E-state index contributed by atoms with van der Waals surface area (Å²) in [5, 5.41) is 8.24. The van der Waals surface area contributed by atoms with Crippen LogP contribution >= 0.6 is 0 Å². The highest BCUT2D eigenvalue weighted by molar-refractivity contribution is 6.16. The zero-order chi connectivity index (χ0) is 38.4. The molecule has 0 aliphatic carbocycles. The molecule has 1 N–H and O–H groups in total. The van der Waals surface area contributed by atoms with Crippen molar-refractivity contribution in [3.05, 3.63) is 102 Å². The number of aryl methyl sites for hydroxylation is 2. The van der Waals surface area contributed by atoms with Gasteiger partial charge in [-0.15, -0.1) is 0 Å². The fourth-order valence-electron chi connectivity index (χ4n) is 8.97. The maximum Gasteiger partial charge on any atom is 0.208 e. The van der Waals surface area contributed by atoms with Crippen molar-refractivity contribution in [1.82, 2.24) is 19.7 Å². The van der Waals surface area contributed by atoms with Crippen LogP contribution in [0.2, 0.25) is 0 Å². The van der Waals surface area contributed by atoms with Crippen molar-refractivity contribution >= 4 is 34.4 Å². The van der Waals surface area contributed by atoms with E-state index >= 15 is 0 Å². The van der Waals surface area contributed by atoms with E-state index in [0.29, 0.717) is 23.3 Å². The van der Waals surface area contributed by atoms with Crippen molar-refractivity contribution in [3.8, 4) is 11.3 Å². The molecule has 2 saturated heterocycles. The number of aliphatic imine (C=N–C) groups is 1. The van der Waals surface area contributed by atoms with Crippen LogP contribution in [-0.2, 0) is 13.5 Å². The number of aromatic nitrogens is 3. The summed E-state index contributed by atoms with van der Waals surface area (Å²) in [6.07, 6.45) is 9.22. The van der Waals surface area contributed by atoms with Crippen LogP contribution in [0.15, 0.2) is 78.6 Å². The van der Waals surface area contributed by atoms with E-state index in [4.69, 9.17) is 9.98 Å². The Morgan fingerprint density at radius 2 is 1.73 bits per heavy atom. The first-order chi connectivity index (χ1) is 26.5. The minimum absolute atomic E-state index is 0.274. The van der Waals surface area contributed by atoms with E-state index in [2.05, 4.69) is 87.5 Å². The Labute approximate surface area is 324 Å². The highest BCUT2D eigenvalue weighted by atomic mass is 19.1. The summed E-state index contributed by atoms with van der Waals surface area (Å²) in [4.78, 5) is 19.4. The van der Waals surface area contributed by atoms with Gasteiger partial charge in [-0.3, -0.25) is 9.67 Å². The third-order valence-corrected chi connectivity index (χ3v) is 12.2. The molecule has 4 aliphatic heterocycles. The zero-order valence-corrected chi connectivity index (χ0v) is 32.7. The number of hydrogen-bond acceptors (Lipinski definition) is 8. The third-order valence-electron chi connectivity index (χ3n) is 12.2. The summed E-state index contributed by atoms with van der Waals surface area (Å²) >= 11 is 0. The largest absolute Gasteiger partial charge is 0.375 e. The van der Waals surface area contributed by atoms with Crippen LogP contribution in [-0.4, -0.2) is 71.4 Å². The van der Waals surface area contributed by atoms with Crippen LogP contribution in [0.5, 0.6) is 0 Å². The topological polar surface area (TPSA) is 68.1 Å². The molecule has 0 spiro atoms. The van der Waals surface area contributed by atoms with Crippen molar-refractivity contribution in [3.63, 3.8) is 0 Å². The molecule has 8 rings (SSSR count). The minimum atomic E-state index is -0.536. The number of nitrogens with zero attached hydrogens (tertiary/aromatic N) is 8. The van der Waals surface area contributed by atoms with Gasteiger partial charge in [0.2, 0.25) is 5.96 Å². The number of nitrogens with one attached hydrogen (secondary N) is 1. The van der Waals surface area contributed by atoms with Gasteiger partial charge in [0.1, 0.15) is 11.6 Å². The number of pyridine rings is 1. The van der Waals surface area contributed by atoms with Gasteiger partial charge in [-0.2, -0.15) is 5.10 Å². The Balaban J connectivity index is 0.968. The number of anilines is 4. The molecule has 2 fully saturated rings. The highest BCUT2D eigenvalue weighted by Crippen LogP contribution is 2.39. The molecule has 0 amide bonds. The predicted octanol–water partition coefficient (Wildman–Crippen LogP) is 8.63. The van der Waals surface area contributed by atoms with Crippen LogP contribution in [0.4, 0.5) is 31.5 Å². The lowest BCUT2D eigenvalue weighted by molar-refractivity contribution is 0.240. The average Bonchev–Trinajstić information content (AvgIpc) is 3.89. The molecule has 2 atom stereocenters. The zero-order valence-electron chi connectivity index (χ0n) is 32.7. The first-order valence-corrected chi connectivity index (χ1v) is 19.8. The number of benzene rings is 2. The molecule has 0 radical (unpaired) electrons. The second-order valence-corrected chi connectivity index (χ2v) is 16.1. The van der Waals surface area contributed by atoms with E-state index in [1.54, 1.807) is 0 Å². The van der Waals surface area contributed by atoms with Crippen LogP contribution in [0, 0.1) is 30.4 Å². The number of halogens is 2. The molecular formula is C44H53F2N9. The number of hydrogen-bond donors (Lipinski definition) is 1. The molecular weight excluding hydrogens is 693 g/mol. The number of piperidine rings is 1. The van der Waals surface area contributed by atoms with Crippen LogP contribution in [0.25, 0.3) is 17.0 Å². The summed E-state index contributed by atoms with van der Waals surface area (Å²) < 4.78 is 29.8. The van der Waals surface area contributed by atoms with Gasteiger partial charge in [-0.25, -0.2) is 13.8 Å². The van der Waals surface area contributed by atoms with Crippen molar-refractivity contribution in [2.75, 3.05) is 59.8 Å². The quantitative estimate of drug-likeness (QED) is 0.220. The molecule has 11 heteroatoms. The van der Waals surface area contributed by atoms with E-state index in [-0.39, 0.29) is 5.92 Å². The minimum Gasteiger partial charge on any atom is -0.375 e. The van der Waals surface area contributed by atoms with E-state index in [9.17, 15) is 8.78 Å². The second-order valence-electron chi connectivity index (χ2n) is 16.1. The van der Waals surface area contributed by atoms with Crippen LogP contribution in [0.1, 0.15) is 62.4 Å². The lowest BCUT2D eigenvalue weighted by atomic mass is 9.98. The van der Waals surface area contributed by atoms with Gasteiger partial charge in [-0.05, 0) is 93.8 Å². The number of guanidine groups is 1. The molecule has 6 heterocycles. The Morgan fingerprint density at radius 3 is 2.51 bits per heavy atom. The first-order valence-electron chi connectivity index (χ1n) is 19.8.